The summed E-state index contributed by atoms with van der Waals surface area (Å²) in [6.45, 7) is 5.38. The Morgan fingerprint density at radius 3 is 2.37 bits per heavy atom. The normalized spacial score (nSPS) is 11.3. The molecule has 162 valence electrons. The van der Waals surface area contributed by atoms with Crippen LogP contribution in [0.25, 0.3) is 0 Å². The van der Waals surface area contributed by atoms with E-state index in [9.17, 15) is 23.3 Å². The summed E-state index contributed by atoms with van der Waals surface area (Å²) < 4.78 is 33.1. The van der Waals surface area contributed by atoms with Crippen molar-refractivity contribution in [2.45, 2.75) is 33.4 Å². The van der Waals surface area contributed by atoms with Gasteiger partial charge in [-0.15, -0.1) is 0 Å². The number of benzene rings is 2. The lowest BCUT2D eigenvalue weighted by atomic mass is 10.1. The third-order valence-corrected chi connectivity index (χ3v) is 4.84. The highest BCUT2D eigenvalue weighted by atomic mass is 32.2. The summed E-state index contributed by atoms with van der Waals surface area (Å²) in [7, 11) is -2.38. The van der Waals surface area contributed by atoms with E-state index in [0.717, 1.165) is 6.26 Å². The number of rotatable bonds is 8. The quantitative estimate of drug-likeness (QED) is 0.354. The van der Waals surface area contributed by atoms with Crippen LogP contribution in [0.4, 0.5) is 5.69 Å². The van der Waals surface area contributed by atoms with E-state index < -0.39 is 15.0 Å². The molecule has 0 atom stereocenters. The molecule has 0 radical (unpaired) electrons. The van der Waals surface area contributed by atoms with Gasteiger partial charge >= 0.3 is 10.1 Å². The Balaban J connectivity index is 2.38. The molecule has 0 aliphatic rings. The summed E-state index contributed by atoms with van der Waals surface area (Å²) in [6.07, 6.45) is 0.924. The van der Waals surface area contributed by atoms with Gasteiger partial charge in [-0.05, 0) is 44.5 Å². The second kappa shape index (κ2) is 9.12. The Hall–Kier alpha value is -3.14. The molecule has 0 N–H and O–H groups in total. The molecule has 2 aromatic carbocycles. The third kappa shape index (κ3) is 5.69. The predicted molar refractivity (Wildman–Crippen MR) is 111 cm³/mol. The van der Waals surface area contributed by atoms with Gasteiger partial charge in [-0.1, -0.05) is 12.1 Å². The Bertz CT molecular complexity index is 1060. The van der Waals surface area contributed by atoms with Crippen molar-refractivity contribution in [1.82, 2.24) is 4.90 Å². The molecule has 0 aliphatic heterocycles. The van der Waals surface area contributed by atoms with E-state index in [1.807, 2.05) is 13.8 Å². The molecule has 9 nitrogen and oxygen atoms in total. The molecule has 30 heavy (non-hydrogen) atoms. The number of nitrogens with zero attached hydrogens (tertiary/aromatic N) is 2. The molecule has 0 saturated heterocycles. The summed E-state index contributed by atoms with van der Waals surface area (Å²) in [4.78, 5) is 25.3. The number of carbonyl (C=O) groups is 1. The van der Waals surface area contributed by atoms with Crippen molar-refractivity contribution in [3.63, 3.8) is 0 Å². The topological polar surface area (TPSA) is 116 Å². The van der Waals surface area contributed by atoms with E-state index >= 15 is 0 Å². The fraction of sp³-hybridized carbons (Fsp3) is 0.350. The molecule has 0 spiro atoms. The largest absolute Gasteiger partial charge is 0.493 e. The SMILES string of the molecule is COc1ccc(CN(C(=O)c2ccc(C)c([N+](=O)[O-])c2)C(C)C)cc1OS(C)(=O)=O. The van der Waals surface area contributed by atoms with Crippen molar-refractivity contribution in [3.05, 3.63) is 63.2 Å². The van der Waals surface area contributed by atoms with Gasteiger partial charge in [0.15, 0.2) is 11.5 Å². The Labute approximate surface area is 175 Å². The number of nitro benzene ring substituents is 1. The van der Waals surface area contributed by atoms with Gasteiger partial charge in [0, 0.05) is 29.8 Å². The van der Waals surface area contributed by atoms with E-state index in [2.05, 4.69) is 0 Å². The predicted octanol–water partition coefficient (Wildman–Crippen LogP) is 3.30. The number of aryl methyl sites for hydroxylation is 1. The van der Waals surface area contributed by atoms with E-state index in [1.165, 1.54) is 30.2 Å². The summed E-state index contributed by atoms with van der Waals surface area (Å²) in [5.74, 6) is -0.130. The van der Waals surface area contributed by atoms with Crippen LogP contribution in [0.15, 0.2) is 36.4 Å². The fourth-order valence-corrected chi connectivity index (χ4v) is 3.29. The molecule has 10 heteroatoms. The van der Waals surface area contributed by atoms with Gasteiger partial charge in [-0.3, -0.25) is 14.9 Å². The first-order valence-electron chi connectivity index (χ1n) is 9.05. The second-order valence-electron chi connectivity index (χ2n) is 7.06. The number of nitro groups is 1. The van der Waals surface area contributed by atoms with Crippen LogP contribution in [0.1, 0.15) is 35.3 Å². The van der Waals surface area contributed by atoms with Crippen molar-refractivity contribution in [3.8, 4) is 11.5 Å². The lowest BCUT2D eigenvalue weighted by Crippen LogP contribution is -2.36. The Kier molecular flexibility index (Phi) is 7.04. The van der Waals surface area contributed by atoms with Crippen LogP contribution in [0.2, 0.25) is 0 Å². The van der Waals surface area contributed by atoms with Crippen LogP contribution < -0.4 is 8.92 Å². The van der Waals surface area contributed by atoms with Crippen LogP contribution in [-0.4, -0.2) is 43.6 Å². The van der Waals surface area contributed by atoms with Gasteiger partial charge < -0.3 is 13.8 Å². The molecular formula is C20H24N2O7S. The smallest absolute Gasteiger partial charge is 0.306 e. The number of methoxy groups -OCH3 is 1. The molecule has 0 saturated carbocycles. The van der Waals surface area contributed by atoms with Crippen molar-refractivity contribution in [2.75, 3.05) is 13.4 Å². The first-order valence-corrected chi connectivity index (χ1v) is 10.9. The van der Waals surface area contributed by atoms with Gasteiger partial charge in [0.2, 0.25) is 0 Å². The standard InChI is InChI=1S/C20H24N2O7S/c1-13(2)21(20(23)16-8-6-14(3)17(11-16)22(24)25)12-15-7-9-18(28-4)19(10-15)29-30(5,26)27/h6-11,13H,12H2,1-5H3. The average molecular weight is 436 g/mol. The first kappa shape index (κ1) is 23.1. The minimum absolute atomic E-state index is 0.0135. The molecule has 0 bridgehead atoms. The molecule has 0 aliphatic carbocycles. The summed E-state index contributed by atoms with van der Waals surface area (Å²) in [6, 6.07) is 8.85. The zero-order valence-corrected chi connectivity index (χ0v) is 18.2. The van der Waals surface area contributed by atoms with E-state index in [-0.39, 0.29) is 41.2 Å². The Morgan fingerprint density at radius 1 is 1.17 bits per heavy atom. The average Bonchev–Trinajstić information content (AvgIpc) is 2.64. The molecule has 0 fully saturated rings. The van der Waals surface area contributed by atoms with Gasteiger partial charge in [-0.2, -0.15) is 8.42 Å². The maximum Gasteiger partial charge on any atom is 0.306 e. The zero-order valence-electron chi connectivity index (χ0n) is 17.4. The van der Waals surface area contributed by atoms with Crippen molar-refractivity contribution < 1.29 is 27.1 Å². The fourth-order valence-electron chi connectivity index (χ4n) is 2.84. The zero-order chi connectivity index (χ0) is 22.6. The number of hydrogen-bond donors (Lipinski definition) is 0. The van der Waals surface area contributed by atoms with Crippen LogP contribution >= 0.6 is 0 Å². The first-order chi connectivity index (χ1) is 13.9. The lowest BCUT2D eigenvalue weighted by Gasteiger charge is -2.27. The van der Waals surface area contributed by atoms with Gasteiger partial charge in [0.25, 0.3) is 11.6 Å². The molecule has 2 rings (SSSR count). The molecule has 0 heterocycles. The third-order valence-electron chi connectivity index (χ3n) is 4.36. The lowest BCUT2D eigenvalue weighted by molar-refractivity contribution is -0.385. The number of amides is 1. The van der Waals surface area contributed by atoms with Crippen molar-refractivity contribution in [2.24, 2.45) is 0 Å². The van der Waals surface area contributed by atoms with E-state index in [4.69, 9.17) is 8.92 Å². The van der Waals surface area contributed by atoms with E-state index in [1.54, 1.807) is 25.1 Å². The number of carbonyl (C=O) groups excluding carboxylic acids is 1. The molecule has 2 aromatic rings. The van der Waals surface area contributed by atoms with Crippen LogP contribution in [0.5, 0.6) is 11.5 Å². The van der Waals surface area contributed by atoms with Crippen LogP contribution in [0, 0.1) is 17.0 Å². The monoisotopic (exact) mass is 436 g/mol. The second-order valence-corrected chi connectivity index (χ2v) is 8.63. The highest BCUT2D eigenvalue weighted by molar-refractivity contribution is 7.86. The maximum absolute atomic E-state index is 13.1. The summed E-state index contributed by atoms with van der Waals surface area (Å²) in [5, 5.41) is 11.2. The van der Waals surface area contributed by atoms with Crippen LogP contribution in [-0.2, 0) is 16.7 Å². The van der Waals surface area contributed by atoms with Crippen molar-refractivity contribution in [1.29, 1.82) is 0 Å². The maximum atomic E-state index is 13.1. The molecular weight excluding hydrogens is 412 g/mol. The van der Waals surface area contributed by atoms with Crippen LogP contribution in [0.3, 0.4) is 0 Å². The number of ether oxygens (including phenoxy) is 1. The molecule has 0 aromatic heterocycles. The van der Waals surface area contributed by atoms with Gasteiger partial charge in [-0.25, -0.2) is 0 Å². The summed E-state index contributed by atoms with van der Waals surface area (Å²) in [5.41, 5.74) is 1.14. The molecule has 0 unspecified atom stereocenters. The minimum Gasteiger partial charge on any atom is -0.493 e. The Morgan fingerprint density at radius 2 is 1.83 bits per heavy atom. The number of hydrogen-bond acceptors (Lipinski definition) is 7. The summed E-state index contributed by atoms with van der Waals surface area (Å²) >= 11 is 0. The van der Waals surface area contributed by atoms with E-state index in [0.29, 0.717) is 11.1 Å². The highest BCUT2D eigenvalue weighted by Crippen LogP contribution is 2.30. The van der Waals surface area contributed by atoms with Gasteiger partial charge in [0.05, 0.1) is 18.3 Å². The van der Waals surface area contributed by atoms with Crippen molar-refractivity contribution >= 4 is 21.7 Å². The van der Waals surface area contributed by atoms with Gasteiger partial charge in [0.1, 0.15) is 0 Å². The molecule has 1 amide bonds. The minimum atomic E-state index is -3.77. The highest BCUT2D eigenvalue weighted by Gasteiger charge is 2.23.